The molecular weight excluding hydrogens is 340 g/mol. The lowest BCUT2D eigenvalue weighted by molar-refractivity contribution is -0.897. The van der Waals surface area contributed by atoms with Crippen molar-refractivity contribution in [3.63, 3.8) is 0 Å². The number of urea groups is 1. The van der Waals surface area contributed by atoms with Crippen molar-refractivity contribution < 1.29 is 14.5 Å². The third kappa shape index (κ3) is 6.24. The van der Waals surface area contributed by atoms with Gasteiger partial charge in [0.05, 0.1) is 13.1 Å². The Hall–Kier alpha value is -2.08. The van der Waals surface area contributed by atoms with E-state index in [-0.39, 0.29) is 18.0 Å². The van der Waals surface area contributed by atoms with Crippen LogP contribution in [-0.4, -0.2) is 43.7 Å². The van der Waals surface area contributed by atoms with Gasteiger partial charge in [0.25, 0.3) is 5.91 Å². The number of likely N-dealkylation sites (tertiary alicyclic amines) is 1. The number of benzene rings is 1. The molecule has 0 unspecified atom stereocenters. The summed E-state index contributed by atoms with van der Waals surface area (Å²) in [6, 6.07) is 9.85. The fourth-order valence-corrected chi connectivity index (χ4v) is 4.24. The Morgan fingerprint density at radius 3 is 2.41 bits per heavy atom. The molecule has 6 heteroatoms. The third-order valence-corrected chi connectivity index (χ3v) is 5.93. The molecule has 1 saturated heterocycles. The molecule has 0 aromatic heterocycles. The molecule has 0 bridgehead atoms. The number of piperidine rings is 1. The molecule has 2 fully saturated rings. The minimum Gasteiger partial charge on any atom is -0.348 e. The Bertz CT molecular complexity index is 614. The second-order valence-corrected chi connectivity index (χ2v) is 8.10. The van der Waals surface area contributed by atoms with E-state index in [0.717, 1.165) is 38.0 Å². The highest BCUT2D eigenvalue weighted by atomic mass is 16.2. The summed E-state index contributed by atoms with van der Waals surface area (Å²) >= 11 is 0. The van der Waals surface area contributed by atoms with Crippen molar-refractivity contribution in [1.82, 2.24) is 10.6 Å². The van der Waals surface area contributed by atoms with E-state index in [1.807, 2.05) is 30.3 Å². The van der Waals surface area contributed by atoms with Crippen LogP contribution in [0.1, 0.15) is 45.4 Å². The first kappa shape index (κ1) is 19.7. The third-order valence-electron chi connectivity index (χ3n) is 5.93. The molecule has 6 nitrogen and oxygen atoms in total. The van der Waals surface area contributed by atoms with E-state index in [4.69, 9.17) is 0 Å². The van der Waals surface area contributed by atoms with Gasteiger partial charge in [-0.25, -0.2) is 4.79 Å². The molecule has 2 aliphatic rings. The van der Waals surface area contributed by atoms with E-state index in [1.165, 1.54) is 24.2 Å². The topological polar surface area (TPSA) is 74.7 Å². The minimum atomic E-state index is -0.154. The highest BCUT2D eigenvalue weighted by Gasteiger charge is 2.27. The minimum absolute atomic E-state index is 0.154. The molecule has 1 aromatic rings. The molecule has 1 heterocycles. The molecular formula is C21H33N4O2+. The molecule has 148 valence electrons. The summed E-state index contributed by atoms with van der Waals surface area (Å²) in [5, 5.41) is 9.16. The van der Waals surface area contributed by atoms with Crippen molar-refractivity contribution in [3.05, 3.63) is 30.3 Å². The number of nitrogens with one attached hydrogen (secondary N) is 4. The van der Waals surface area contributed by atoms with Crippen LogP contribution in [0.15, 0.2) is 30.3 Å². The zero-order valence-corrected chi connectivity index (χ0v) is 16.3. The highest BCUT2D eigenvalue weighted by Crippen LogP contribution is 2.23. The van der Waals surface area contributed by atoms with Crippen LogP contribution >= 0.6 is 0 Å². The van der Waals surface area contributed by atoms with Gasteiger partial charge in [0.15, 0.2) is 6.54 Å². The van der Waals surface area contributed by atoms with Crippen LogP contribution in [0.25, 0.3) is 0 Å². The fourth-order valence-electron chi connectivity index (χ4n) is 4.24. The zero-order valence-electron chi connectivity index (χ0n) is 16.3. The molecule has 3 rings (SSSR count). The predicted molar refractivity (Wildman–Crippen MR) is 107 cm³/mol. The number of anilines is 1. The van der Waals surface area contributed by atoms with Gasteiger partial charge >= 0.3 is 6.03 Å². The van der Waals surface area contributed by atoms with Gasteiger partial charge < -0.3 is 20.9 Å². The summed E-state index contributed by atoms with van der Waals surface area (Å²) in [7, 11) is 0. The van der Waals surface area contributed by atoms with Gasteiger partial charge in [-0.3, -0.25) is 4.79 Å². The summed E-state index contributed by atoms with van der Waals surface area (Å²) in [5.74, 6) is 0.771. The van der Waals surface area contributed by atoms with Crippen molar-refractivity contribution >= 4 is 17.6 Å². The average molecular weight is 374 g/mol. The molecule has 1 aromatic carbocycles. The molecule has 1 saturated carbocycles. The number of amides is 3. The number of para-hydroxylation sites is 1. The van der Waals surface area contributed by atoms with Gasteiger partial charge in [0.2, 0.25) is 0 Å². The van der Waals surface area contributed by atoms with E-state index in [2.05, 4.69) is 22.9 Å². The van der Waals surface area contributed by atoms with Gasteiger partial charge in [0.1, 0.15) is 0 Å². The zero-order chi connectivity index (χ0) is 19.1. The van der Waals surface area contributed by atoms with Crippen LogP contribution in [0.5, 0.6) is 0 Å². The van der Waals surface area contributed by atoms with E-state index >= 15 is 0 Å². The van der Waals surface area contributed by atoms with Crippen LogP contribution in [0.2, 0.25) is 0 Å². The average Bonchev–Trinajstić information content (AvgIpc) is 2.66. The van der Waals surface area contributed by atoms with Gasteiger partial charge in [-0.1, -0.05) is 38.0 Å². The summed E-state index contributed by atoms with van der Waals surface area (Å²) in [4.78, 5) is 25.8. The lowest BCUT2D eigenvalue weighted by atomic mass is 9.86. The Balaban J connectivity index is 1.34. The molecule has 2 atom stereocenters. The van der Waals surface area contributed by atoms with Crippen LogP contribution in [0.4, 0.5) is 10.5 Å². The smallest absolute Gasteiger partial charge is 0.319 e. The highest BCUT2D eigenvalue weighted by molar-refractivity contribution is 5.89. The van der Waals surface area contributed by atoms with Crippen LogP contribution in [0, 0.1) is 5.92 Å². The van der Waals surface area contributed by atoms with E-state index in [1.54, 1.807) is 0 Å². The number of rotatable bonds is 5. The lowest BCUT2D eigenvalue weighted by Crippen LogP contribution is -3.14. The van der Waals surface area contributed by atoms with Crippen molar-refractivity contribution in [2.75, 3.05) is 25.0 Å². The normalized spacial score (nSPS) is 28.2. The van der Waals surface area contributed by atoms with Gasteiger partial charge in [-0.15, -0.1) is 0 Å². The Labute approximate surface area is 162 Å². The number of hydrogen-bond donors (Lipinski definition) is 4. The van der Waals surface area contributed by atoms with Crippen molar-refractivity contribution in [1.29, 1.82) is 0 Å². The van der Waals surface area contributed by atoms with Crippen LogP contribution in [-0.2, 0) is 4.79 Å². The maximum absolute atomic E-state index is 12.4. The van der Waals surface area contributed by atoms with Crippen molar-refractivity contribution in [3.8, 4) is 0 Å². The number of quaternary nitrogens is 1. The molecule has 4 N–H and O–H groups in total. The molecule has 1 aliphatic carbocycles. The fraction of sp³-hybridized carbons (Fsp3) is 0.619. The van der Waals surface area contributed by atoms with E-state index in [9.17, 15) is 9.59 Å². The Morgan fingerprint density at radius 1 is 1.00 bits per heavy atom. The first-order valence-electron chi connectivity index (χ1n) is 10.4. The van der Waals surface area contributed by atoms with E-state index in [0.29, 0.717) is 18.5 Å². The maximum Gasteiger partial charge on any atom is 0.319 e. The molecule has 1 aliphatic heterocycles. The van der Waals surface area contributed by atoms with Crippen molar-refractivity contribution in [2.24, 2.45) is 5.92 Å². The molecule has 3 amide bonds. The van der Waals surface area contributed by atoms with Gasteiger partial charge in [0, 0.05) is 30.6 Å². The Morgan fingerprint density at radius 2 is 1.70 bits per heavy atom. The Kier molecular flexibility index (Phi) is 7.10. The molecule has 0 radical (unpaired) electrons. The second-order valence-electron chi connectivity index (χ2n) is 8.10. The van der Waals surface area contributed by atoms with Crippen LogP contribution < -0.4 is 20.9 Å². The standard InChI is InChI=1S/C21H32N4O2/c1-16-7-5-6-10-19(16)24-20(26)15-25-13-11-18(12-14-25)23-21(27)22-17-8-3-2-4-9-17/h2-4,8-9,16,18-19H,5-7,10-15H2,1H3,(H,24,26)(H2,22,23,27)/p+1/t16-,19+/m1/s1. The first-order chi connectivity index (χ1) is 13.1. The number of hydrogen-bond acceptors (Lipinski definition) is 2. The predicted octanol–water partition coefficient (Wildman–Crippen LogP) is 1.55. The van der Waals surface area contributed by atoms with Gasteiger partial charge in [-0.05, 0) is 30.9 Å². The summed E-state index contributed by atoms with van der Waals surface area (Å²) < 4.78 is 0. The van der Waals surface area contributed by atoms with Gasteiger partial charge in [-0.2, -0.15) is 0 Å². The monoisotopic (exact) mass is 373 g/mol. The summed E-state index contributed by atoms with van der Waals surface area (Å²) in [6.45, 7) is 4.63. The maximum atomic E-state index is 12.4. The summed E-state index contributed by atoms with van der Waals surface area (Å²) in [5.41, 5.74) is 0.798. The number of carbonyl (C=O) groups excluding carboxylic acids is 2. The van der Waals surface area contributed by atoms with Crippen LogP contribution in [0.3, 0.4) is 0 Å². The second kappa shape index (κ2) is 9.74. The number of carbonyl (C=O) groups is 2. The largest absolute Gasteiger partial charge is 0.348 e. The lowest BCUT2D eigenvalue weighted by Gasteiger charge is -2.32. The SMILES string of the molecule is C[C@@H]1CCCC[C@@H]1NC(=O)C[NH+]1CCC(NC(=O)Nc2ccccc2)CC1. The van der Waals surface area contributed by atoms with Crippen molar-refractivity contribution in [2.45, 2.75) is 57.5 Å². The molecule has 0 spiro atoms. The quantitative estimate of drug-likeness (QED) is 0.632. The van der Waals surface area contributed by atoms with E-state index < -0.39 is 0 Å². The first-order valence-corrected chi connectivity index (χ1v) is 10.4. The summed E-state index contributed by atoms with van der Waals surface area (Å²) in [6.07, 6.45) is 6.67. The molecule has 27 heavy (non-hydrogen) atoms.